The Morgan fingerprint density at radius 2 is 1.70 bits per heavy atom. The highest BCUT2D eigenvalue weighted by molar-refractivity contribution is 7.80. The second-order valence-corrected chi connectivity index (χ2v) is 7.11. The quantitative estimate of drug-likeness (QED) is 0.707. The number of aryl methyl sites for hydroxylation is 2. The van der Waals surface area contributed by atoms with Gasteiger partial charge in [-0.25, -0.2) is 4.68 Å². The van der Waals surface area contributed by atoms with E-state index in [9.17, 15) is 4.79 Å². The molecule has 27 heavy (non-hydrogen) atoms. The minimum absolute atomic E-state index is 0.0792. The van der Waals surface area contributed by atoms with Crippen LogP contribution >= 0.6 is 12.2 Å². The molecule has 1 amide bonds. The van der Waals surface area contributed by atoms with E-state index in [2.05, 4.69) is 10.4 Å². The molecule has 1 aromatic heterocycles. The molecular formula is C21H20N4OS. The number of nitrogens with one attached hydrogen (secondary N) is 1. The van der Waals surface area contributed by atoms with Crippen molar-refractivity contribution < 1.29 is 4.79 Å². The molecule has 0 bridgehead atoms. The molecule has 2 aromatic carbocycles. The van der Waals surface area contributed by atoms with Crippen molar-refractivity contribution in [2.45, 2.75) is 26.8 Å². The lowest BCUT2D eigenvalue weighted by atomic mass is 10.0. The van der Waals surface area contributed by atoms with Gasteiger partial charge in [-0.2, -0.15) is 5.10 Å². The van der Waals surface area contributed by atoms with Gasteiger partial charge < -0.3 is 5.32 Å². The van der Waals surface area contributed by atoms with E-state index >= 15 is 0 Å². The Labute approximate surface area is 163 Å². The molecule has 1 aliphatic heterocycles. The van der Waals surface area contributed by atoms with E-state index in [1.165, 1.54) is 0 Å². The van der Waals surface area contributed by atoms with E-state index in [0.717, 1.165) is 33.9 Å². The maximum Gasteiger partial charge on any atom is 0.260 e. The third kappa shape index (κ3) is 2.92. The van der Waals surface area contributed by atoms with Crippen LogP contribution in [0.15, 0.2) is 54.6 Å². The zero-order valence-corrected chi connectivity index (χ0v) is 16.2. The summed E-state index contributed by atoms with van der Waals surface area (Å²) in [7, 11) is 0. The molecule has 5 nitrogen and oxygen atoms in total. The van der Waals surface area contributed by atoms with Crippen molar-refractivity contribution in [3.05, 3.63) is 77.1 Å². The summed E-state index contributed by atoms with van der Waals surface area (Å²) in [5, 5.41) is 8.27. The summed E-state index contributed by atoms with van der Waals surface area (Å²) in [6.45, 7) is 5.90. The number of carbonyl (C=O) groups excluding carboxylic acids is 1. The highest BCUT2D eigenvalue weighted by atomic mass is 32.1. The molecule has 0 radical (unpaired) electrons. The first kappa shape index (κ1) is 17.4. The number of benzene rings is 2. The summed E-state index contributed by atoms with van der Waals surface area (Å²) in [6.07, 6.45) is 0. The van der Waals surface area contributed by atoms with Crippen molar-refractivity contribution in [1.29, 1.82) is 0 Å². The van der Waals surface area contributed by atoms with Crippen LogP contribution in [-0.4, -0.2) is 20.8 Å². The molecule has 3 aromatic rings. The van der Waals surface area contributed by atoms with Crippen LogP contribution in [0.3, 0.4) is 0 Å². The number of anilines is 1. The Morgan fingerprint density at radius 1 is 1.00 bits per heavy atom. The smallest absolute Gasteiger partial charge is 0.260 e. The molecule has 0 spiro atoms. The second kappa shape index (κ2) is 6.63. The molecule has 2 heterocycles. The normalized spacial score (nSPS) is 16.7. The number of carbonyl (C=O) groups is 1. The molecule has 1 atom stereocenters. The predicted octanol–water partition coefficient (Wildman–Crippen LogP) is 3.76. The van der Waals surface area contributed by atoms with Crippen LogP contribution < -0.4 is 10.2 Å². The third-order valence-electron chi connectivity index (χ3n) is 4.83. The molecule has 1 saturated heterocycles. The average molecular weight is 376 g/mol. The monoisotopic (exact) mass is 376 g/mol. The van der Waals surface area contributed by atoms with E-state index in [1.54, 1.807) is 4.90 Å². The van der Waals surface area contributed by atoms with Crippen molar-refractivity contribution in [3.8, 4) is 5.69 Å². The highest BCUT2D eigenvalue weighted by Crippen LogP contribution is 2.31. The van der Waals surface area contributed by atoms with E-state index in [-0.39, 0.29) is 5.91 Å². The predicted molar refractivity (Wildman–Crippen MR) is 110 cm³/mol. The number of hydrogen-bond acceptors (Lipinski definition) is 3. The van der Waals surface area contributed by atoms with Crippen molar-refractivity contribution in [2.75, 3.05) is 4.90 Å². The van der Waals surface area contributed by atoms with E-state index in [4.69, 9.17) is 12.2 Å². The van der Waals surface area contributed by atoms with Crippen molar-refractivity contribution in [3.63, 3.8) is 0 Å². The van der Waals surface area contributed by atoms with Crippen LogP contribution in [-0.2, 0) is 4.79 Å². The number of nitrogens with zero attached hydrogens (tertiary/aromatic N) is 3. The first-order valence-electron chi connectivity index (χ1n) is 8.80. The first-order chi connectivity index (χ1) is 13.0. The fraction of sp³-hybridized carbons (Fsp3) is 0.190. The molecule has 0 saturated carbocycles. The number of rotatable bonds is 3. The Balaban J connectivity index is 1.74. The average Bonchev–Trinajstić information content (AvgIpc) is 3.10. The van der Waals surface area contributed by atoms with Crippen LogP contribution in [0.2, 0.25) is 0 Å². The third-order valence-corrected chi connectivity index (χ3v) is 5.14. The second-order valence-electron chi connectivity index (χ2n) is 6.73. The van der Waals surface area contributed by atoms with Crippen LogP contribution in [0.1, 0.15) is 28.6 Å². The lowest BCUT2D eigenvalue weighted by molar-refractivity contribution is -0.118. The minimum Gasteiger partial charge on any atom is -0.346 e. The summed E-state index contributed by atoms with van der Waals surface area (Å²) < 4.78 is 1.87. The zero-order chi connectivity index (χ0) is 19.1. The highest BCUT2D eigenvalue weighted by Gasteiger charge is 2.40. The first-order valence-corrected chi connectivity index (χ1v) is 9.21. The van der Waals surface area contributed by atoms with Crippen molar-refractivity contribution >= 4 is 28.9 Å². The van der Waals surface area contributed by atoms with Gasteiger partial charge in [0.2, 0.25) is 0 Å². The van der Waals surface area contributed by atoms with Crippen molar-refractivity contribution in [1.82, 2.24) is 15.1 Å². The SMILES string of the molecule is Cc1cccc(N2C(=O)[C@@H](c3c(C)nn(-c4ccccc4)c3C)NC2=S)c1. The van der Waals surface area contributed by atoms with E-state index < -0.39 is 6.04 Å². The number of amides is 1. The Hall–Kier alpha value is -2.99. The molecule has 136 valence electrons. The number of aromatic nitrogens is 2. The van der Waals surface area contributed by atoms with Gasteiger partial charge in [-0.05, 0) is 62.8 Å². The summed E-state index contributed by atoms with van der Waals surface area (Å²) >= 11 is 5.47. The number of para-hydroxylation sites is 1. The molecule has 4 rings (SSSR count). The van der Waals surface area contributed by atoms with Crippen molar-refractivity contribution in [2.24, 2.45) is 0 Å². The van der Waals surface area contributed by atoms with Gasteiger partial charge in [0.05, 0.1) is 17.1 Å². The van der Waals surface area contributed by atoms with E-state index in [0.29, 0.717) is 5.11 Å². The zero-order valence-electron chi connectivity index (χ0n) is 15.4. The maximum atomic E-state index is 13.2. The lowest BCUT2D eigenvalue weighted by Gasteiger charge is -2.15. The van der Waals surface area contributed by atoms with Gasteiger partial charge >= 0.3 is 0 Å². The van der Waals surface area contributed by atoms with Gasteiger partial charge in [0.25, 0.3) is 5.91 Å². The molecule has 0 unspecified atom stereocenters. The lowest BCUT2D eigenvalue weighted by Crippen LogP contribution is -2.30. The summed E-state index contributed by atoms with van der Waals surface area (Å²) in [6, 6.07) is 17.2. The topological polar surface area (TPSA) is 50.2 Å². The summed E-state index contributed by atoms with van der Waals surface area (Å²) in [5.41, 5.74) is 5.45. The van der Waals surface area contributed by atoms with Gasteiger partial charge in [-0.15, -0.1) is 0 Å². The number of hydrogen-bond donors (Lipinski definition) is 1. The maximum absolute atomic E-state index is 13.2. The standard InChI is InChI=1S/C21H20N4OS/c1-13-8-7-11-17(12-13)24-20(26)19(22-21(24)27)18-14(2)23-25(15(18)3)16-9-5-4-6-10-16/h4-12,19H,1-3H3,(H,22,27)/t19-/m1/s1. The molecule has 1 fully saturated rings. The Morgan fingerprint density at radius 3 is 2.41 bits per heavy atom. The molecule has 1 N–H and O–H groups in total. The molecule has 1 aliphatic rings. The summed E-state index contributed by atoms with van der Waals surface area (Å²) in [4.78, 5) is 14.8. The van der Waals surface area contributed by atoms with Gasteiger partial charge in [0.1, 0.15) is 6.04 Å². The van der Waals surface area contributed by atoms with Gasteiger partial charge in [-0.3, -0.25) is 9.69 Å². The van der Waals surface area contributed by atoms with Gasteiger partial charge in [0.15, 0.2) is 5.11 Å². The molecule has 0 aliphatic carbocycles. The molecule has 6 heteroatoms. The van der Waals surface area contributed by atoms with Gasteiger partial charge in [0, 0.05) is 11.3 Å². The minimum atomic E-state index is -0.532. The van der Waals surface area contributed by atoms with Gasteiger partial charge in [-0.1, -0.05) is 30.3 Å². The van der Waals surface area contributed by atoms with E-state index in [1.807, 2.05) is 80.1 Å². The Bertz CT molecular complexity index is 1040. The Kier molecular flexibility index (Phi) is 4.28. The molecular weight excluding hydrogens is 356 g/mol. The van der Waals surface area contributed by atoms with Crippen LogP contribution in [0, 0.1) is 20.8 Å². The van der Waals surface area contributed by atoms with Crippen LogP contribution in [0.25, 0.3) is 5.69 Å². The fourth-order valence-corrected chi connectivity index (χ4v) is 3.89. The van der Waals surface area contributed by atoms with Crippen LogP contribution in [0.4, 0.5) is 5.69 Å². The van der Waals surface area contributed by atoms with Crippen LogP contribution in [0.5, 0.6) is 0 Å². The number of thiocarbonyl (C=S) groups is 1. The fourth-order valence-electron chi connectivity index (χ4n) is 3.58. The largest absolute Gasteiger partial charge is 0.346 e. The summed E-state index contributed by atoms with van der Waals surface area (Å²) in [5.74, 6) is -0.0792.